The average Bonchev–Trinajstić information content (AvgIpc) is 2.41. The summed E-state index contributed by atoms with van der Waals surface area (Å²) < 4.78 is 13.6. The van der Waals surface area contributed by atoms with Crippen LogP contribution in [0.5, 0.6) is 0 Å². The quantitative estimate of drug-likeness (QED) is 0.872. The lowest BCUT2D eigenvalue weighted by atomic mass is 10.1. The van der Waals surface area contributed by atoms with Gasteiger partial charge in [-0.05, 0) is 24.3 Å². The first-order valence-electron chi connectivity index (χ1n) is 6.03. The molecule has 2 rings (SSSR count). The number of benzene rings is 2. The van der Waals surface area contributed by atoms with Gasteiger partial charge >= 0.3 is 0 Å². The fraction of sp³-hybridized carbons (Fsp3) is 0.133. The molecule has 2 aromatic rings. The van der Waals surface area contributed by atoms with Crippen LogP contribution in [0.2, 0.25) is 5.02 Å². The number of anilines is 1. The highest BCUT2D eigenvalue weighted by Crippen LogP contribution is 2.27. The van der Waals surface area contributed by atoms with Crippen LogP contribution in [0.4, 0.5) is 10.1 Å². The minimum atomic E-state index is -0.227. The van der Waals surface area contributed by atoms with Crippen LogP contribution in [-0.2, 0) is 6.54 Å². The molecule has 2 nitrogen and oxygen atoms in total. The van der Waals surface area contributed by atoms with E-state index in [-0.39, 0.29) is 5.82 Å². The van der Waals surface area contributed by atoms with Crippen LogP contribution >= 0.6 is 23.8 Å². The number of nitrogens with two attached hydrogens (primary N) is 1. The molecule has 20 heavy (non-hydrogen) atoms. The van der Waals surface area contributed by atoms with Crippen molar-refractivity contribution in [2.45, 2.75) is 6.54 Å². The third-order valence-electron chi connectivity index (χ3n) is 3.01. The molecule has 0 radical (unpaired) electrons. The first kappa shape index (κ1) is 14.8. The largest absolute Gasteiger partial charge is 0.389 e. The normalized spacial score (nSPS) is 10.3. The van der Waals surface area contributed by atoms with Gasteiger partial charge in [0.25, 0.3) is 0 Å². The molecule has 0 fully saturated rings. The second kappa shape index (κ2) is 6.20. The van der Waals surface area contributed by atoms with E-state index in [2.05, 4.69) is 0 Å². The first-order chi connectivity index (χ1) is 9.49. The highest BCUT2D eigenvalue weighted by Gasteiger charge is 2.10. The molecule has 0 saturated carbocycles. The van der Waals surface area contributed by atoms with Gasteiger partial charge in [0.15, 0.2) is 0 Å². The van der Waals surface area contributed by atoms with E-state index in [9.17, 15) is 4.39 Å². The molecule has 0 aromatic heterocycles. The smallest absolute Gasteiger partial charge is 0.128 e. The molecule has 0 amide bonds. The number of halogens is 2. The van der Waals surface area contributed by atoms with Crippen LogP contribution in [0.15, 0.2) is 42.5 Å². The Kier molecular flexibility index (Phi) is 4.57. The topological polar surface area (TPSA) is 29.3 Å². The van der Waals surface area contributed by atoms with Crippen molar-refractivity contribution in [3.05, 3.63) is 64.4 Å². The second-order valence-electron chi connectivity index (χ2n) is 4.48. The fourth-order valence-corrected chi connectivity index (χ4v) is 2.39. The predicted octanol–water partition coefficient (Wildman–Crippen LogP) is 3.75. The van der Waals surface area contributed by atoms with Crippen molar-refractivity contribution >= 4 is 34.5 Å². The van der Waals surface area contributed by atoms with Crippen LogP contribution in [0.1, 0.15) is 11.1 Å². The zero-order valence-corrected chi connectivity index (χ0v) is 12.5. The maximum absolute atomic E-state index is 13.6. The first-order valence-corrected chi connectivity index (χ1v) is 6.81. The molecule has 0 aliphatic rings. The Hall–Kier alpha value is -1.65. The van der Waals surface area contributed by atoms with Gasteiger partial charge < -0.3 is 10.6 Å². The van der Waals surface area contributed by atoms with Gasteiger partial charge in [0.1, 0.15) is 10.8 Å². The maximum Gasteiger partial charge on any atom is 0.128 e. The highest BCUT2D eigenvalue weighted by atomic mass is 35.5. The Balaban J connectivity index is 2.23. The van der Waals surface area contributed by atoms with Gasteiger partial charge in [-0.25, -0.2) is 4.39 Å². The van der Waals surface area contributed by atoms with Gasteiger partial charge in [-0.2, -0.15) is 0 Å². The van der Waals surface area contributed by atoms with Crippen LogP contribution in [0, 0.1) is 5.82 Å². The number of rotatable bonds is 4. The summed E-state index contributed by atoms with van der Waals surface area (Å²) in [7, 11) is 1.86. The molecule has 0 heterocycles. The maximum atomic E-state index is 13.6. The van der Waals surface area contributed by atoms with E-state index in [4.69, 9.17) is 29.6 Å². The van der Waals surface area contributed by atoms with Crippen molar-refractivity contribution in [2.75, 3.05) is 11.9 Å². The molecular formula is C15H14ClFN2S. The molecule has 5 heteroatoms. The van der Waals surface area contributed by atoms with E-state index in [1.807, 2.05) is 24.1 Å². The summed E-state index contributed by atoms with van der Waals surface area (Å²) >= 11 is 11.1. The summed E-state index contributed by atoms with van der Waals surface area (Å²) in [6.07, 6.45) is 0. The van der Waals surface area contributed by atoms with E-state index in [0.29, 0.717) is 27.7 Å². The van der Waals surface area contributed by atoms with Gasteiger partial charge in [-0.3, -0.25) is 0 Å². The molecular weight excluding hydrogens is 295 g/mol. The Morgan fingerprint density at radius 1 is 1.30 bits per heavy atom. The minimum Gasteiger partial charge on any atom is -0.389 e. The van der Waals surface area contributed by atoms with Gasteiger partial charge in [-0.1, -0.05) is 42.0 Å². The van der Waals surface area contributed by atoms with Crippen molar-refractivity contribution in [3.63, 3.8) is 0 Å². The highest BCUT2D eigenvalue weighted by molar-refractivity contribution is 7.80. The van der Waals surface area contributed by atoms with Crippen LogP contribution < -0.4 is 10.6 Å². The van der Waals surface area contributed by atoms with E-state index in [0.717, 1.165) is 5.69 Å². The van der Waals surface area contributed by atoms with Crippen LogP contribution in [-0.4, -0.2) is 12.0 Å². The summed E-state index contributed by atoms with van der Waals surface area (Å²) in [6.45, 7) is 0.429. The lowest BCUT2D eigenvalue weighted by molar-refractivity contribution is 0.608. The van der Waals surface area contributed by atoms with E-state index in [1.54, 1.807) is 24.3 Å². The van der Waals surface area contributed by atoms with Gasteiger partial charge in [0, 0.05) is 24.7 Å². The average molecular weight is 309 g/mol. The second-order valence-corrected chi connectivity index (χ2v) is 5.32. The molecule has 0 saturated heterocycles. The number of hydrogen-bond donors (Lipinski definition) is 1. The molecule has 0 spiro atoms. The molecule has 0 unspecified atom stereocenters. The van der Waals surface area contributed by atoms with Crippen molar-refractivity contribution in [1.29, 1.82) is 0 Å². The van der Waals surface area contributed by atoms with E-state index < -0.39 is 0 Å². The van der Waals surface area contributed by atoms with Crippen molar-refractivity contribution in [3.8, 4) is 0 Å². The van der Waals surface area contributed by atoms with Crippen LogP contribution in [0.25, 0.3) is 0 Å². The predicted molar refractivity (Wildman–Crippen MR) is 85.8 cm³/mol. The van der Waals surface area contributed by atoms with E-state index in [1.165, 1.54) is 6.07 Å². The minimum absolute atomic E-state index is 0.227. The molecule has 2 aromatic carbocycles. The Morgan fingerprint density at radius 3 is 2.60 bits per heavy atom. The lowest BCUT2D eigenvalue weighted by Gasteiger charge is -2.21. The Labute approximate surface area is 128 Å². The standard InChI is InChI=1S/C15H14ClFN2S/c1-19(9-11-4-2-3-5-13(11)17)14-7-6-10(15(18)20)8-12(14)16/h2-8H,9H2,1H3,(H2,18,20). The molecule has 0 aliphatic heterocycles. The van der Waals surface area contributed by atoms with E-state index >= 15 is 0 Å². The van der Waals surface area contributed by atoms with Crippen molar-refractivity contribution in [2.24, 2.45) is 5.73 Å². The lowest BCUT2D eigenvalue weighted by Crippen LogP contribution is -2.18. The third kappa shape index (κ3) is 3.26. The monoisotopic (exact) mass is 308 g/mol. The summed E-state index contributed by atoms with van der Waals surface area (Å²) in [5.74, 6) is -0.227. The summed E-state index contributed by atoms with van der Waals surface area (Å²) in [4.78, 5) is 2.18. The fourth-order valence-electron chi connectivity index (χ4n) is 1.94. The number of nitrogens with zero attached hydrogens (tertiary/aromatic N) is 1. The van der Waals surface area contributed by atoms with Crippen LogP contribution in [0.3, 0.4) is 0 Å². The number of thiocarbonyl (C=S) groups is 1. The van der Waals surface area contributed by atoms with Crippen molar-refractivity contribution < 1.29 is 4.39 Å². The summed E-state index contributed by atoms with van der Waals surface area (Å²) in [5, 5.41) is 0.536. The Bertz CT molecular complexity index is 646. The Morgan fingerprint density at radius 2 is 2.00 bits per heavy atom. The van der Waals surface area contributed by atoms with Gasteiger partial charge in [0.05, 0.1) is 10.7 Å². The van der Waals surface area contributed by atoms with Gasteiger partial charge in [0.2, 0.25) is 0 Å². The SMILES string of the molecule is CN(Cc1ccccc1F)c1ccc(C(N)=S)cc1Cl. The summed E-state index contributed by atoms with van der Waals surface area (Å²) in [6, 6.07) is 12.0. The molecule has 2 N–H and O–H groups in total. The third-order valence-corrected chi connectivity index (χ3v) is 3.55. The van der Waals surface area contributed by atoms with Crippen molar-refractivity contribution in [1.82, 2.24) is 0 Å². The molecule has 0 atom stereocenters. The molecule has 0 aliphatic carbocycles. The molecule has 104 valence electrons. The summed E-state index contributed by atoms with van der Waals surface area (Å²) in [5.41, 5.74) is 7.69. The zero-order chi connectivity index (χ0) is 14.7. The zero-order valence-electron chi connectivity index (χ0n) is 10.9. The van der Waals surface area contributed by atoms with Gasteiger partial charge in [-0.15, -0.1) is 0 Å². The number of hydrogen-bond acceptors (Lipinski definition) is 2. The molecule has 0 bridgehead atoms.